The SMILES string of the molecule is CC(C)[C@@H]1CC[C@@H](C)CC(=O)N[C@@H](Cc2ccc(O)cc2)C(=O)NCCCC(=O)N2C[C@H](NC(=O)c3cc4ccccc4cn3)C[C@H]2C(=O)N1. The van der Waals surface area contributed by atoms with Gasteiger partial charge in [-0.2, -0.15) is 0 Å². The molecule has 2 aromatic carbocycles. The van der Waals surface area contributed by atoms with Gasteiger partial charge >= 0.3 is 0 Å². The van der Waals surface area contributed by atoms with Crippen molar-refractivity contribution in [2.75, 3.05) is 13.1 Å². The smallest absolute Gasteiger partial charge is 0.270 e. The van der Waals surface area contributed by atoms with E-state index >= 15 is 0 Å². The predicted octanol–water partition coefficient (Wildman–Crippen LogP) is 3.22. The molecule has 5 N–H and O–H groups in total. The summed E-state index contributed by atoms with van der Waals surface area (Å²) in [5.41, 5.74) is 1.04. The summed E-state index contributed by atoms with van der Waals surface area (Å²) in [5.74, 6) is -1.30. The van der Waals surface area contributed by atoms with Gasteiger partial charge in [0.2, 0.25) is 23.6 Å². The third-order valence-electron chi connectivity index (χ3n) is 9.65. The Bertz CT molecular complexity index is 1690. The third-order valence-corrected chi connectivity index (χ3v) is 9.65. The predicted molar refractivity (Wildman–Crippen MR) is 189 cm³/mol. The molecule has 3 aromatic rings. The number of rotatable bonds is 5. The molecular formula is C38H48N6O6. The third kappa shape index (κ3) is 9.58. The molecule has 266 valence electrons. The molecule has 5 rings (SSSR count). The molecule has 0 bridgehead atoms. The van der Waals surface area contributed by atoms with E-state index in [9.17, 15) is 29.1 Å². The molecule has 0 unspecified atom stereocenters. The Labute approximate surface area is 292 Å². The van der Waals surface area contributed by atoms with Gasteiger partial charge in [-0.05, 0) is 66.7 Å². The summed E-state index contributed by atoms with van der Waals surface area (Å²) >= 11 is 0. The topological polar surface area (TPSA) is 170 Å². The molecule has 2 fully saturated rings. The summed E-state index contributed by atoms with van der Waals surface area (Å²) in [6.07, 6.45) is 4.06. The highest BCUT2D eigenvalue weighted by atomic mass is 16.3. The molecule has 50 heavy (non-hydrogen) atoms. The van der Waals surface area contributed by atoms with Crippen LogP contribution in [-0.4, -0.2) is 81.8 Å². The lowest BCUT2D eigenvalue weighted by molar-refractivity contribution is -0.139. The van der Waals surface area contributed by atoms with Crippen LogP contribution in [0.4, 0.5) is 0 Å². The van der Waals surface area contributed by atoms with Crippen LogP contribution < -0.4 is 21.3 Å². The average molecular weight is 685 g/mol. The number of carbonyl (C=O) groups excluding carboxylic acids is 5. The highest BCUT2D eigenvalue weighted by molar-refractivity contribution is 5.97. The summed E-state index contributed by atoms with van der Waals surface area (Å²) in [6.45, 7) is 6.39. The molecule has 2 aliphatic rings. The van der Waals surface area contributed by atoms with Crippen LogP contribution in [0.15, 0.2) is 60.8 Å². The van der Waals surface area contributed by atoms with Crippen LogP contribution in [0, 0.1) is 11.8 Å². The Balaban J connectivity index is 1.31. The molecular weight excluding hydrogens is 636 g/mol. The van der Waals surface area contributed by atoms with Crippen molar-refractivity contribution in [3.8, 4) is 5.75 Å². The van der Waals surface area contributed by atoms with Crippen molar-refractivity contribution in [3.63, 3.8) is 0 Å². The fraction of sp³-hybridized carbons (Fsp3) is 0.474. The van der Waals surface area contributed by atoms with Crippen molar-refractivity contribution in [2.45, 2.75) is 89.9 Å². The minimum absolute atomic E-state index is 0.0164. The number of hydrogen-bond acceptors (Lipinski definition) is 7. The largest absolute Gasteiger partial charge is 0.508 e. The van der Waals surface area contributed by atoms with Gasteiger partial charge in [0.25, 0.3) is 5.91 Å². The van der Waals surface area contributed by atoms with Crippen LogP contribution in [0.1, 0.15) is 75.3 Å². The number of amides is 5. The van der Waals surface area contributed by atoms with E-state index in [0.717, 1.165) is 16.3 Å². The number of benzene rings is 2. The minimum Gasteiger partial charge on any atom is -0.508 e. The molecule has 5 atom stereocenters. The van der Waals surface area contributed by atoms with Crippen molar-refractivity contribution in [3.05, 3.63) is 72.1 Å². The van der Waals surface area contributed by atoms with E-state index in [1.54, 1.807) is 29.3 Å². The van der Waals surface area contributed by atoms with Crippen LogP contribution in [0.25, 0.3) is 10.8 Å². The summed E-state index contributed by atoms with van der Waals surface area (Å²) in [6, 6.07) is 13.6. The van der Waals surface area contributed by atoms with Crippen LogP contribution in [0.2, 0.25) is 0 Å². The van der Waals surface area contributed by atoms with Crippen molar-refractivity contribution in [1.29, 1.82) is 0 Å². The molecule has 0 radical (unpaired) electrons. The van der Waals surface area contributed by atoms with Gasteiger partial charge in [0.05, 0.1) is 0 Å². The van der Waals surface area contributed by atoms with Crippen molar-refractivity contribution >= 4 is 40.3 Å². The molecule has 12 heteroatoms. The van der Waals surface area contributed by atoms with Gasteiger partial charge in [0.15, 0.2) is 0 Å². The maximum Gasteiger partial charge on any atom is 0.270 e. The second-order valence-electron chi connectivity index (χ2n) is 14.0. The summed E-state index contributed by atoms with van der Waals surface area (Å²) in [5, 5.41) is 23.4. The number of pyridine rings is 1. The lowest BCUT2D eigenvalue weighted by Crippen LogP contribution is -2.50. The van der Waals surface area contributed by atoms with Gasteiger partial charge in [-0.25, -0.2) is 0 Å². The standard InChI is InChI=1S/C38H48N6O6/c1-23(2)30-15-10-24(3)17-34(46)42-32(18-25-11-13-29(45)14-12-25)36(48)39-16-6-9-35(47)44-22-28(20-33(44)38(50)43-30)41-37(49)31-19-26-7-4-5-8-27(26)21-40-31/h4-5,7-8,11-14,19,21,23-24,28,30,32-33,45H,6,9-10,15-18,20,22H2,1-3H3,(H,39,48)(H,41,49)(H,42,46)(H,43,50)/t24-,28-,30+,32+,33+/m1/s1. The van der Waals surface area contributed by atoms with Gasteiger partial charge in [0.1, 0.15) is 23.5 Å². The van der Waals surface area contributed by atoms with Gasteiger partial charge in [-0.3, -0.25) is 29.0 Å². The first-order chi connectivity index (χ1) is 24.0. The highest BCUT2D eigenvalue weighted by Gasteiger charge is 2.41. The maximum absolute atomic E-state index is 13.8. The number of aromatic hydroxyl groups is 1. The van der Waals surface area contributed by atoms with E-state index in [0.29, 0.717) is 19.3 Å². The van der Waals surface area contributed by atoms with Gasteiger partial charge in [-0.15, -0.1) is 0 Å². The normalized spacial score (nSPS) is 24.5. The number of fused-ring (bicyclic) bond motifs is 2. The second kappa shape index (κ2) is 16.6. The number of nitrogens with zero attached hydrogens (tertiary/aromatic N) is 2. The quantitative estimate of drug-likeness (QED) is 0.275. The molecule has 5 amide bonds. The number of aromatic nitrogens is 1. The van der Waals surface area contributed by atoms with E-state index < -0.39 is 18.1 Å². The van der Waals surface area contributed by atoms with E-state index in [-0.39, 0.29) is 97.6 Å². The molecule has 0 aliphatic carbocycles. The summed E-state index contributed by atoms with van der Waals surface area (Å²) in [7, 11) is 0. The lowest BCUT2D eigenvalue weighted by atomic mass is 9.92. The maximum atomic E-state index is 13.8. The van der Waals surface area contributed by atoms with E-state index in [1.807, 2.05) is 45.0 Å². The average Bonchev–Trinajstić information content (AvgIpc) is 3.52. The van der Waals surface area contributed by atoms with E-state index in [1.165, 1.54) is 12.1 Å². The molecule has 0 spiro atoms. The first kappa shape index (κ1) is 36.3. The zero-order valence-corrected chi connectivity index (χ0v) is 29.0. The van der Waals surface area contributed by atoms with Crippen LogP contribution in [0.3, 0.4) is 0 Å². The molecule has 0 saturated carbocycles. The number of phenols is 1. The van der Waals surface area contributed by atoms with Crippen molar-refractivity contribution in [1.82, 2.24) is 31.2 Å². The highest BCUT2D eigenvalue weighted by Crippen LogP contribution is 2.23. The number of carbonyl (C=O) groups is 5. The molecule has 12 nitrogen and oxygen atoms in total. The Morgan fingerprint density at radius 2 is 1.74 bits per heavy atom. The van der Waals surface area contributed by atoms with Gasteiger partial charge in [-0.1, -0.05) is 57.2 Å². The van der Waals surface area contributed by atoms with Crippen LogP contribution in [-0.2, 0) is 25.6 Å². The zero-order chi connectivity index (χ0) is 35.8. The number of nitrogens with one attached hydrogen (secondary N) is 4. The van der Waals surface area contributed by atoms with E-state index in [2.05, 4.69) is 26.3 Å². The molecule has 2 aliphatic heterocycles. The Morgan fingerprint density at radius 3 is 2.48 bits per heavy atom. The second-order valence-corrected chi connectivity index (χ2v) is 14.0. The van der Waals surface area contributed by atoms with Crippen LogP contribution in [0.5, 0.6) is 5.75 Å². The fourth-order valence-corrected chi connectivity index (χ4v) is 6.71. The number of hydrogen-bond donors (Lipinski definition) is 5. The van der Waals surface area contributed by atoms with E-state index in [4.69, 9.17) is 0 Å². The summed E-state index contributed by atoms with van der Waals surface area (Å²) < 4.78 is 0. The van der Waals surface area contributed by atoms with Crippen molar-refractivity contribution < 1.29 is 29.1 Å². The fourth-order valence-electron chi connectivity index (χ4n) is 6.71. The molecule has 3 heterocycles. The summed E-state index contributed by atoms with van der Waals surface area (Å²) in [4.78, 5) is 73.0. The lowest BCUT2D eigenvalue weighted by Gasteiger charge is -2.29. The van der Waals surface area contributed by atoms with Crippen LogP contribution >= 0.6 is 0 Å². The molecule has 1 aromatic heterocycles. The monoisotopic (exact) mass is 684 g/mol. The Kier molecular flexibility index (Phi) is 12.0. The number of phenolic OH excluding ortho intramolecular Hbond substituents is 1. The van der Waals surface area contributed by atoms with Gasteiger partial charge < -0.3 is 31.3 Å². The Morgan fingerprint density at radius 1 is 1.00 bits per heavy atom. The Hall–Kier alpha value is -5.00. The molecule has 2 saturated heterocycles. The zero-order valence-electron chi connectivity index (χ0n) is 29.0. The first-order valence-corrected chi connectivity index (χ1v) is 17.6. The van der Waals surface area contributed by atoms with Gasteiger partial charge in [0, 0.05) is 56.0 Å². The van der Waals surface area contributed by atoms with Crippen molar-refractivity contribution in [2.24, 2.45) is 11.8 Å². The first-order valence-electron chi connectivity index (χ1n) is 17.6. The minimum atomic E-state index is -0.832.